The van der Waals surface area contributed by atoms with E-state index in [-0.39, 0.29) is 11.3 Å². The zero-order chi connectivity index (χ0) is 20.5. The predicted molar refractivity (Wildman–Crippen MR) is 110 cm³/mol. The van der Waals surface area contributed by atoms with Gasteiger partial charge in [-0.05, 0) is 48.5 Å². The fourth-order valence-corrected chi connectivity index (χ4v) is 3.24. The number of benzene rings is 2. The third-order valence-corrected chi connectivity index (χ3v) is 4.90. The maximum Gasteiger partial charge on any atom is 0.282 e. The Morgan fingerprint density at radius 3 is 2.48 bits per heavy atom. The molecule has 0 atom stereocenters. The molecule has 2 amide bonds. The first-order valence-corrected chi connectivity index (χ1v) is 9.28. The largest absolute Gasteiger partial charge is 0.317 e. The van der Waals surface area contributed by atoms with Crippen molar-refractivity contribution in [3.05, 3.63) is 92.7 Å². The number of nitrogens with one attached hydrogen (secondary N) is 1. The van der Waals surface area contributed by atoms with Crippen molar-refractivity contribution in [3.8, 4) is 5.69 Å². The van der Waals surface area contributed by atoms with Gasteiger partial charge >= 0.3 is 0 Å². The Kier molecular flexibility index (Phi) is 4.73. The van der Waals surface area contributed by atoms with Crippen molar-refractivity contribution >= 4 is 45.2 Å². The summed E-state index contributed by atoms with van der Waals surface area (Å²) in [6, 6.07) is 16.5. The molecule has 2 heterocycles. The molecule has 1 saturated heterocycles. The van der Waals surface area contributed by atoms with Gasteiger partial charge in [0.1, 0.15) is 5.57 Å². The monoisotopic (exact) mass is 452 g/mol. The molecule has 0 spiro atoms. The van der Waals surface area contributed by atoms with E-state index in [4.69, 9.17) is 0 Å². The fourth-order valence-electron chi connectivity index (χ4n) is 2.98. The van der Waals surface area contributed by atoms with E-state index in [0.29, 0.717) is 17.1 Å². The van der Waals surface area contributed by atoms with E-state index < -0.39 is 16.7 Å². The SMILES string of the molecule is O=C1NN(c2ccc(Br)cc2)C(=O)/C1=C\c1cccn1-c1cccc([N+](=O)[O-])c1. The smallest absolute Gasteiger partial charge is 0.282 e. The molecule has 0 saturated carbocycles. The summed E-state index contributed by atoms with van der Waals surface area (Å²) >= 11 is 3.33. The molecule has 1 aromatic heterocycles. The van der Waals surface area contributed by atoms with Gasteiger partial charge in [-0.25, -0.2) is 5.01 Å². The van der Waals surface area contributed by atoms with E-state index in [1.807, 2.05) is 0 Å². The number of anilines is 1. The van der Waals surface area contributed by atoms with Crippen LogP contribution in [0.1, 0.15) is 5.69 Å². The highest BCUT2D eigenvalue weighted by molar-refractivity contribution is 9.10. The van der Waals surface area contributed by atoms with E-state index >= 15 is 0 Å². The van der Waals surface area contributed by atoms with Crippen LogP contribution in [0.15, 0.2) is 76.9 Å². The number of amides is 2. The summed E-state index contributed by atoms with van der Waals surface area (Å²) in [4.78, 5) is 35.8. The number of carbonyl (C=O) groups excluding carboxylic acids is 2. The molecule has 1 aliphatic heterocycles. The van der Waals surface area contributed by atoms with Gasteiger partial charge < -0.3 is 4.57 Å². The number of hydrogen-bond acceptors (Lipinski definition) is 4. The van der Waals surface area contributed by atoms with Gasteiger partial charge in [0, 0.05) is 28.5 Å². The van der Waals surface area contributed by atoms with Crippen LogP contribution >= 0.6 is 15.9 Å². The number of halogens is 1. The minimum absolute atomic E-state index is 0.0294. The molecule has 0 unspecified atom stereocenters. The number of aromatic nitrogens is 1. The van der Waals surface area contributed by atoms with Crippen molar-refractivity contribution in [2.45, 2.75) is 0 Å². The molecule has 1 fully saturated rings. The molecule has 1 aliphatic rings. The van der Waals surface area contributed by atoms with Crippen molar-refractivity contribution in [2.75, 3.05) is 5.01 Å². The Balaban J connectivity index is 1.69. The first-order valence-electron chi connectivity index (χ1n) is 8.49. The molecule has 0 aliphatic carbocycles. The lowest BCUT2D eigenvalue weighted by Gasteiger charge is -2.14. The number of carbonyl (C=O) groups is 2. The molecule has 1 N–H and O–H groups in total. The lowest BCUT2D eigenvalue weighted by Crippen LogP contribution is -2.35. The topological polar surface area (TPSA) is 97.5 Å². The van der Waals surface area contributed by atoms with Crippen LogP contribution in [-0.4, -0.2) is 21.3 Å². The minimum Gasteiger partial charge on any atom is -0.317 e. The third kappa shape index (κ3) is 3.55. The van der Waals surface area contributed by atoms with Gasteiger partial charge in [-0.3, -0.25) is 25.1 Å². The highest BCUT2D eigenvalue weighted by Crippen LogP contribution is 2.25. The van der Waals surface area contributed by atoms with Crippen LogP contribution in [0.3, 0.4) is 0 Å². The number of nitro groups is 1. The van der Waals surface area contributed by atoms with Crippen molar-refractivity contribution in [3.63, 3.8) is 0 Å². The highest BCUT2D eigenvalue weighted by atomic mass is 79.9. The number of non-ortho nitro benzene ring substituents is 1. The molecule has 144 valence electrons. The lowest BCUT2D eigenvalue weighted by molar-refractivity contribution is -0.384. The average Bonchev–Trinajstić information content (AvgIpc) is 3.29. The molecule has 0 bridgehead atoms. The Hall–Kier alpha value is -3.72. The van der Waals surface area contributed by atoms with Gasteiger partial charge in [0.05, 0.1) is 16.3 Å². The van der Waals surface area contributed by atoms with Gasteiger partial charge in [-0.1, -0.05) is 22.0 Å². The zero-order valence-electron chi connectivity index (χ0n) is 14.8. The number of nitrogens with zero attached hydrogens (tertiary/aromatic N) is 3. The van der Waals surface area contributed by atoms with Gasteiger partial charge in [0.2, 0.25) is 0 Å². The molecular weight excluding hydrogens is 440 g/mol. The van der Waals surface area contributed by atoms with Crippen LogP contribution in [-0.2, 0) is 9.59 Å². The Morgan fingerprint density at radius 1 is 1.00 bits per heavy atom. The first-order chi connectivity index (χ1) is 13.9. The number of rotatable bonds is 4. The second kappa shape index (κ2) is 7.36. The molecule has 2 aromatic carbocycles. The second-order valence-corrected chi connectivity index (χ2v) is 7.11. The molecule has 9 heteroatoms. The van der Waals surface area contributed by atoms with E-state index in [2.05, 4.69) is 21.4 Å². The predicted octanol–water partition coefficient (Wildman–Crippen LogP) is 3.61. The summed E-state index contributed by atoms with van der Waals surface area (Å²) in [6.07, 6.45) is 3.17. The maximum absolute atomic E-state index is 12.8. The van der Waals surface area contributed by atoms with Crippen molar-refractivity contribution in [1.82, 2.24) is 9.99 Å². The van der Waals surface area contributed by atoms with Crippen LogP contribution < -0.4 is 10.4 Å². The van der Waals surface area contributed by atoms with Crippen LogP contribution in [0.2, 0.25) is 0 Å². The lowest BCUT2D eigenvalue weighted by atomic mass is 10.2. The van der Waals surface area contributed by atoms with Gasteiger partial charge in [-0.2, -0.15) is 0 Å². The molecule has 4 rings (SSSR count). The Morgan fingerprint density at radius 2 is 1.76 bits per heavy atom. The summed E-state index contributed by atoms with van der Waals surface area (Å²) in [7, 11) is 0. The summed E-state index contributed by atoms with van der Waals surface area (Å²) in [5.74, 6) is -1.01. The fraction of sp³-hybridized carbons (Fsp3) is 0. The Labute approximate surface area is 173 Å². The third-order valence-electron chi connectivity index (χ3n) is 4.37. The maximum atomic E-state index is 12.8. The van der Waals surface area contributed by atoms with Crippen LogP contribution in [0.4, 0.5) is 11.4 Å². The average molecular weight is 453 g/mol. The van der Waals surface area contributed by atoms with E-state index in [1.165, 1.54) is 23.2 Å². The minimum atomic E-state index is -0.523. The van der Waals surface area contributed by atoms with E-state index in [9.17, 15) is 19.7 Å². The second-order valence-electron chi connectivity index (χ2n) is 6.20. The van der Waals surface area contributed by atoms with Gasteiger partial charge in [-0.15, -0.1) is 0 Å². The molecular formula is C20H13BrN4O4. The van der Waals surface area contributed by atoms with E-state index in [0.717, 1.165) is 4.47 Å². The van der Waals surface area contributed by atoms with Crippen molar-refractivity contribution < 1.29 is 14.5 Å². The summed E-state index contributed by atoms with van der Waals surface area (Å²) < 4.78 is 2.52. The number of nitro benzene ring substituents is 1. The normalized spacial score (nSPS) is 15.1. The van der Waals surface area contributed by atoms with Crippen LogP contribution in [0, 0.1) is 10.1 Å². The number of hydrazine groups is 1. The first kappa shape index (κ1) is 18.6. The van der Waals surface area contributed by atoms with Crippen molar-refractivity contribution in [1.29, 1.82) is 0 Å². The van der Waals surface area contributed by atoms with Crippen molar-refractivity contribution in [2.24, 2.45) is 0 Å². The quantitative estimate of drug-likeness (QED) is 0.283. The molecule has 29 heavy (non-hydrogen) atoms. The standard InChI is InChI=1S/C20H13BrN4O4/c21-13-6-8-14(9-7-13)24-20(27)18(19(26)22-24)12-16-5-2-10-23(16)15-3-1-4-17(11-15)25(28)29/h1-12H,(H,22,26)/b18-12-. The summed E-state index contributed by atoms with van der Waals surface area (Å²) in [6.45, 7) is 0. The summed E-state index contributed by atoms with van der Waals surface area (Å²) in [5, 5.41) is 12.2. The van der Waals surface area contributed by atoms with Gasteiger partial charge in [0.15, 0.2) is 0 Å². The highest BCUT2D eigenvalue weighted by Gasteiger charge is 2.34. The van der Waals surface area contributed by atoms with Gasteiger partial charge in [0.25, 0.3) is 17.5 Å². The molecule has 8 nitrogen and oxygen atoms in total. The number of hydrogen-bond donors (Lipinski definition) is 1. The molecule has 0 radical (unpaired) electrons. The van der Waals surface area contributed by atoms with Crippen LogP contribution in [0.5, 0.6) is 0 Å². The molecule has 3 aromatic rings. The van der Waals surface area contributed by atoms with E-state index in [1.54, 1.807) is 59.3 Å². The zero-order valence-corrected chi connectivity index (χ0v) is 16.4. The van der Waals surface area contributed by atoms with Crippen LogP contribution in [0.25, 0.3) is 11.8 Å². The summed E-state index contributed by atoms with van der Waals surface area (Å²) in [5.41, 5.74) is 4.09. The Bertz CT molecular complexity index is 1170.